The van der Waals surface area contributed by atoms with Gasteiger partial charge in [-0.3, -0.25) is 9.78 Å². The Bertz CT molecular complexity index is 1460. The van der Waals surface area contributed by atoms with Gasteiger partial charge in [0.05, 0.1) is 23.5 Å². The standard InChI is InChI=1S/C28H26ClN5O2S/c1-17-14-21(18(2)34(17)23-15-19(29)11-12-24(23)35)27-26(22-10-6-7-13-30-22)32-28(37)33(27)16-25(36)31-20-8-4-3-5-9-20/h3-15,26-27,35H,16H2,1-2H3,(H,31,36)(H,32,37). The smallest absolute Gasteiger partial charge is 0.244 e. The molecule has 1 aliphatic rings. The van der Waals surface area contributed by atoms with Crippen LogP contribution >= 0.6 is 23.8 Å². The van der Waals surface area contributed by atoms with Crippen LogP contribution in [0.2, 0.25) is 5.02 Å². The minimum absolute atomic E-state index is 0.0564. The first kappa shape index (κ1) is 24.8. The molecule has 9 heteroatoms. The number of rotatable bonds is 6. The van der Waals surface area contributed by atoms with Crippen molar-refractivity contribution < 1.29 is 9.90 Å². The number of hydrogen-bond donors (Lipinski definition) is 3. The SMILES string of the molecule is Cc1cc(C2C(c3ccccn3)NC(=S)N2CC(=O)Nc2ccccc2)c(C)n1-c1cc(Cl)ccc1O. The number of anilines is 1. The number of aromatic nitrogens is 2. The largest absolute Gasteiger partial charge is 0.506 e. The van der Waals surface area contributed by atoms with Crippen LogP contribution in [0.5, 0.6) is 5.75 Å². The number of aryl methyl sites for hydroxylation is 1. The minimum atomic E-state index is -0.315. The number of phenols is 1. The molecule has 1 fully saturated rings. The van der Waals surface area contributed by atoms with Gasteiger partial charge in [-0.1, -0.05) is 35.9 Å². The van der Waals surface area contributed by atoms with Crippen LogP contribution < -0.4 is 10.6 Å². The van der Waals surface area contributed by atoms with Gasteiger partial charge in [-0.25, -0.2) is 0 Å². The molecular weight excluding hydrogens is 506 g/mol. The molecule has 0 bridgehead atoms. The van der Waals surface area contributed by atoms with Crippen LogP contribution in [0.4, 0.5) is 5.69 Å². The third-order valence-electron chi connectivity index (χ3n) is 6.54. The maximum Gasteiger partial charge on any atom is 0.244 e. The lowest BCUT2D eigenvalue weighted by atomic mass is 9.96. The molecule has 0 aliphatic carbocycles. The highest BCUT2D eigenvalue weighted by molar-refractivity contribution is 7.80. The number of amides is 1. The van der Waals surface area contributed by atoms with Crippen LogP contribution in [-0.2, 0) is 4.79 Å². The highest BCUT2D eigenvalue weighted by atomic mass is 35.5. The van der Waals surface area contributed by atoms with Gasteiger partial charge < -0.3 is 25.2 Å². The monoisotopic (exact) mass is 531 g/mol. The molecule has 0 radical (unpaired) electrons. The molecule has 2 aromatic carbocycles. The highest BCUT2D eigenvalue weighted by Gasteiger charge is 2.42. The number of para-hydroxylation sites is 1. The maximum atomic E-state index is 13.1. The maximum absolute atomic E-state index is 13.1. The van der Waals surface area contributed by atoms with E-state index in [1.165, 1.54) is 0 Å². The van der Waals surface area contributed by atoms with E-state index < -0.39 is 0 Å². The first-order chi connectivity index (χ1) is 17.8. The predicted octanol–water partition coefficient (Wildman–Crippen LogP) is 5.46. The van der Waals surface area contributed by atoms with E-state index in [4.69, 9.17) is 23.8 Å². The van der Waals surface area contributed by atoms with E-state index in [-0.39, 0.29) is 30.3 Å². The van der Waals surface area contributed by atoms with Crippen molar-refractivity contribution in [1.82, 2.24) is 19.8 Å². The normalized spacial score (nSPS) is 17.1. The molecule has 5 rings (SSSR count). The molecule has 3 N–H and O–H groups in total. The van der Waals surface area contributed by atoms with Gasteiger partial charge in [0.2, 0.25) is 5.91 Å². The Morgan fingerprint density at radius 1 is 1.11 bits per heavy atom. The van der Waals surface area contributed by atoms with Crippen LogP contribution in [0.3, 0.4) is 0 Å². The third kappa shape index (κ3) is 4.90. The Kier molecular flexibility index (Phi) is 6.86. The number of aromatic hydroxyl groups is 1. The number of benzene rings is 2. The average molecular weight is 532 g/mol. The zero-order valence-electron chi connectivity index (χ0n) is 20.4. The van der Waals surface area contributed by atoms with Crippen LogP contribution in [-0.4, -0.2) is 37.1 Å². The minimum Gasteiger partial charge on any atom is -0.506 e. The Morgan fingerprint density at radius 3 is 2.59 bits per heavy atom. The fourth-order valence-corrected chi connectivity index (χ4v) is 5.40. The number of halogens is 1. The molecule has 4 aromatic rings. The molecule has 7 nitrogen and oxygen atoms in total. The van der Waals surface area contributed by atoms with Gasteiger partial charge in [-0.2, -0.15) is 0 Å². The van der Waals surface area contributed by atoms with Crippen molar-refractivity contribution in [2.75, 3.05) is 11.9 Å². The summed E-state index contributed by atoms with van der Waals surface area (Å²) in [6.07, 6.45) is 1.75. The van der Waals surface area contributed by atoms with E-state index in [2.05, 4.69) is 21.7 Å². The molecule has 0 saturated carbocycles. The summed E-state index contributed by atoms with van der Waals surface area (Å²) in [4.78, 5) is 19.6. The van der Waals surface area contributed by atoms with Gasteiger partial charge in [0.15, 0.2) is 5.11 Å². The summed E-state index contributed by atoms with van der Waals surface area (Å²) in [5.74, 6) is -0.0542. The van der Waals surface area contributed by atoms with E-state index in [1.807, 2.05) is 71.8 Å². The quantitative estimate of drug-likeness (QED) is 0.287. The van der Waals surface area contributed by atoms with Gasteiger partial charge in [-0.05, 0) is 80.2 Å². The van der Waals surface area contributed by atoms with E-state index in [1.54, 1.807) is 24.4 Å². The number of thiocarbonyl (C=S) groups is 1. The van der Waals surface area contributed by atoms with Crippen LogP contribution in [0, 0.1) is 13.8 Å². The van der Waals surface area contributed by atoms with Crippen LogP contribution in [0.15, 0.2) is 79.0 Å². The zero-order valence-corrected chi connectivity index (χ0v) is 21.9. The average Bonchev–Trinajstić information content (AvgIpc) is 3.36. The molecule has 2 atom stereocenters. The first-order valence-corrected chi connectivity index (χ1v) is 12.6. The number of phenolic OH excluding ortho intramolecular Hbond substituents is 1. The van der Waals surface area contributed by atoms with Gasteiger partial charge in [0.25, 0.3) is 0 Å². The predicted molar refractivity (Wildman–Crippen MR) is 149 cm³/mol. The second-order valence-corrected chi connectivity index (χ2v) is 9.79. The van der Waals surface area contributed by atoms with Crippen molar-refractivity contribution in [3.05, 3.63) is 107 Å². The molecule has 1 amide bonds. The van der Waals surface area contributed by atoms with Crippen molar-refractivity contribution in [2.24, 2.45) is 0 Å². The summed E-state index contributed by atoms with van der Waals surface area (Å²) in [6.45, 7) is 4.02. The number of pyridine rings is 1. The zero-order chi connectivity index (χ0) is 26.1. The summed E-state index contributed by atoms with van der Waals surface area (Å²) < 4.78 is 1.97. The summed E-state index contributed by atoms with van der Waals surface area (Å²) >= 11 is 12.0. The lowest BCUT2D eigenvalue weighted by Gasteiger charge is -2.27. The fraction of sp³-hybridized carbons (Fsp3) is 0.179. The van der Waals surface area contributed by atoms with E-state index in [9.17, 15) is 9.90 Å². The van der Waals surface area contributed by atoms with Gasteiger partial charge in [0.1, 0.15) is 12.3 Å². The molecule has 37 heavy (non-hydrogen) atoms. The number of hydrogen-bond acceptors (Lipinski definition) is 4. The van der Waals surface area contributed by atoms with Crippen LogP contribution in [0.25, 0.3) is 5.69 Å². The summed E-state index contributed by atoms with van der Waals surface area (Å²) in [5.41, 5.74) is 4.91. The van der Waals surface area contributed by atoms with Crippen molar-refractivity contribution in [1.29, 1.82) is 0 Å². The molecule has 1 saturated heterocycles. The lowest BCUT2D eigenvalue weighted by molar-refractivity contribution is -0.116. The molecule has 1 aliphatic heterocycles. The summed E-state index contributed by atoms with van der Waals surface area (Å²) in [5, 5.41) is 17.9. The van der Waals surface area contributed by atoms with E-state index >= 15 is 0 Å². The number of carbonyl (C=O) groups excluding carboxylic acids is 1. The Hall–Kier alpha value is -3.88. The fourth-order valence-electron chi connectivity index (χ4n) is 4.92. The summed E-state index contributed by atoms with van der Waals surface area (Å²) in [6, 6.07) is 21.5. The molecule has 2 aromatic heterocycles. The number of nitrogens with zero attached hydrogens (tertiary/aromatic N) is 3. The van der Waals surface area contributed by atoms with Crippen molar-refractivity contribution >= 4 is 40.5 Å². The second kappa shape index (κ2) is 10.2. The van der Waals surface area contributed by atoms with Crippen molar-refractivity contribution in [2.45, 2.75) is 25.9 Å². The van der Waals surface area contributed by atoms with Crippen molar-refractivity contribution in [3.8, 4) is 11.4 Å². The first-order valence-electron chi connectivity index (χ1n) is 11.8. The van der Waals surface area contributed by atoms with E-state index in [0.717, 1.165) is 28.3 Å². The molecule has 0 spiro atoms. The van der Waals surface area contributed by atoms with Crippen molar-refractivity contribution in [3.63, 3.8) is 0 Å². The molecular formula is C28H26ClN5O2S. The number of nitrogens with one attached hydrogen (secondary N) is 2. The second-order valence-electron chi connectivity index (χ2n) is 8.96. The van der Waals surface area contributed by atoms with Gasteiger partial charge >= 0.3 is 0 Å². The highest BCUT2D eigenvalue weighted by Crippen LogP contribution is 2.42. The Labute approximate surface area is 225 Å². The number of carbonyl (C=O) groups is 1. The lowest BCUT2D eigenvalue weighted by Crippen LogP contribution is -2.37. The summed E-state index contributed by atoms with van der Waals surface area (Å²) in [7, 11) is 0. The van der Waals surface area contributed by atoms with Crippen LogP contribution in [0.1, 0.15) is 34.7 Å². The third-order valence-corrected chi connectivity index (χ3v) is 7.12. The van der Waals surface area contributed by atoms with Gasteiger partial charge in [0, 0.05) is 28.3 Å². The molecule has 188 valence electrons. The topological polar surface area (TPSA) is 82.4 Å². The Morgan fingerprint density at radius 2 is 1.86 bits per heavy atom. The van der Waals surface area contributed by atoms with Gasteiger partial charge in [-0.15, -0.1) is 0 Å². The molecule has 3 heterocycles. The van der Waals surface area contributed by atoms with E-state index in [0.29, 0.717) is 15.8 Å². The Balaban J connectivity index is 1.56. The molecule has 2 unspecified atom stereocenters.